The molecule has 1 unspecified atom stereocenters. The van der Waals surface area contributed by atoms with Crippen LogP contribution < -0.4 is 5.73 Å². The minimum absolute atomic E-state index is 0.0874. The van der Waals surface area contributed by atoms with Crippen LogP contribution in [0.3, 0.4) is 0 Å². The first-order valence-corrected chi connectivity index (χ1v) is 4.78. The normalized spacial score (nSPS) is 13.4. The highest BCUT2D eigenvalue weighted by Crippen LogP contribution is 2.26. The number of rotatable bonds is 3. The molecule has 0 fully saturated rings. The van der Waals surface area contributed by atoms with Crippen molar-refractivity contribution in [3.63, 3.8) is 0 Å². The molecule has 0 aromatic carbocycles. The fourth-order valence-corrected chi connectivity index (χ4v) is 1.94. The molecule has 1 atom stereocenters. The molecule has 0 saturated carbocycles. The quantitative estimate of drug-likeness (QED) is 0.867. The largest absolute Gasteiger partial charge is 0.374 e. The number of ether oxygens (including phenoxy) is 1. The van der Waals surface area contributed by atoms with Crippen LogP contribution in [0, 0.1) is 0 Å². The summed E-state index contributed by atoms with van der Waals surface area (Å²) in [5, 5.41) is 0. The van der Waals surface area contributed by atoms with Gasteiger partial charge in [-0.2, -0.15) is 0 Å². The van der Waals surface area contributed by atoms with Crippen LogP contribution in [0.25, 0.3) is 0 Å². The van der Waals surface area contributed by atoms with E-state index in [1.807, 2.05) is 0 Å². The lowest BCUT2D eigenvalue weighted by Gasteiger charge is -2.09. The predicted octanol–water partition coefficient (Wildman–Crippen LogP) is 1.55. The van der Waals surface area contributed by atoms with Gasteiger partial charge in [-0.25, -0.2) is 4.98 Å². The van der Waals surface area contributed by atoms with Crippen LogP contribution in [0.2, 0.25) is 0 Å². The maximum absolute atomic E-state index is 5.46. The van der Waals surface area contributed by atoms with E-state index in [0.717, 1.165) is 9.48 Å². The van der Waals surface area contributed by atoms with Gasteiger partial charge in [0.1, 0.15) is 6.10 Å². The average Bonchev–Trinajstić information content (AvgIpc) is 2.40. The van der Waals surface area contributed by atoms with Crippen molar-refractivity contribution < 1.29 is 4.74 Å². The molecule has 11 heavy (non-hydrogen) atoms. The van der Waals surface area contributed by atoms with Gasteiger partial charge < -0.3 is 10.5 Å². The third-order valence-corrected chi connectivity index (χ3v) is 2.95. The summed E-state index contributed by atoms with van der Waals surface area (Å²) in [6.07, 6.45) is -0.0874. The molecule has 1 rings (SSSR count). The molecule has 2 N–H and O–H groups in total. The highest BCUT2D eigenvalue weighted by molar-refractivity contribution is 9.11. The van der Waals surface area contributed by atoms with Crippen LogP contribution >= 0.6 is 27.3 Å². The molecule has 0 saturated heterocycles. The Balaban J connectivity index is 2.81. The Kier molecular flexibility index (Phi) is 3.45. The lowest BCUT2D eigenvalue weighted by Crippen LogP contribution is -2.14. The molecule has 0 bridgehead atoms. The van der Waals surface area contributed by atoms with Gasteiger partial charge in [-0.05, 0) is 15.9 Å². The first-order valence-electron chi connectivity index (χ1n) is 3.11. The van der Waals surface area contributed by atoms with Crippen molar-refractivity contribution in [2.45, 2.75) is 6.10 Å². The van der Waals surface area contributed by atoms with E-state index in [2.05, 4.69) is 20.9 Å². The van der Waals surface area contributed by atoms with Gasteiger partial charge in [-0.3, -0.25) is 0 Å². The molecule has 62 valence electrons. The summed E-state index contributed by atoms with van der Waals surface area (Å²) < 4.78 is 6.11. The van der Waals surface area contributed by atoms with Gasteiger partial charge in [0.15, 0.2) is 0 Å². The third-order valence-electron chi connectivity index (χ3n) is 1.35. The third kappa shape index (κ3) is 1.99. The topological polar surface area (TPSA) is 48.1 Å². The fourth-order valence-electron chi connectivity index (χ4n) is 0.770. The Labute approximate surface area is 77.7 Å². The molecule has 5 heteroatoms. The van der Waals surface area contributed by atoms with Gasteiger partial charge in [-0.15, -0.1) is 11.3 Å². The summed E-state index contributed by atoms with van der Waals surface area (Å²) in [6, 6.07) is 0. The van der Waals surface area contributed by atoms with Crippen molar-refractivity contribution in [2.75, 3.05) is 13.7 Å². The van der Waals surface area contributed by atoms with Crippen LogP contribution in [-0.2, 0) is 4.74 Å². The van der Waals surface area contributed by atoms with E-state index in [1.54, 1.807) is 12.6 Å². The monoisotopic (exact) mass is 236 g/mol. The van der Waals surface area contributed by atoms with Crippen molar-refractivity contribution in [3.8, 4) is 0 Å². The van der Waals surface area contributed by atoms with Gasteiger partial charge in [-0.1, -0.05) is 0 Å². The van der Waals surface area contributed by atoms with Gasteiger partial charge in [0, 0.05) is 13.7 Å². The molecular weight excluding hydrogens is 228 g/mol. The van der Waals surface area contributed by atoms with E-state index in [1.165, 1.54) is 11.3 Å². The van der Waals surface area contributed by atoms with E-state index in [4.69, 9.17) is 10.5 Å². The van der Waals surface area contributed by atoms with Crippen LogP contribution in [0.1, 0.15) is 11.8 Å². The maximum atomic E-state index is 5.46. The second-order valence-electron chi connectivity index (χ2n) is 1.97. The molecule has 0 aliphatic heterocycles. The molecule has 1 aromatic rings. The zero-order valence-corrected chi connectivity index (χ0v) is 8.48. The highest BCUT2D eigenvalue weighted by Gasteiger charge is 2.13. The molecule has 1 aromatic heterocycles. The zero-order chi connectivity index (χ0) is 8.27. The number of nitrogens with zero attached hydrogens (tertiary/aromatic N) is 1. The smallest absolute Gasteiger partial charge is 0.113 e. The highest BCUT2D eigenvalue weighted by atomic mass is 79.9. The molecule has 1 heterocycles. The maximum Gasteiger partial charge on any atom is 0.113 e. The van der Waals surface area contributed by atoms with E-state index in [0.29, 0.717) is 6.54 Å². The molecular formula is C6H9BrN2OS. The van der Waals surface area contributed by atoms with Crippen molar-refractivity contribution in [3.05, 3.63) is 15.0 Å². The summed E-state index contributed by atoms with van der Waals surface area (Å²) in [5.74, 6) is 0. The second-order valence-corrected chi connectivity index (χ2v) is 4.14. The fraction of sp³-hybridized carbons (Fsp3) is 0.500. The number of halogens is 1. The SMILES string of the molecule is COC(CN)c1ncsc1Br. The first-order chi connectivity index (χ1) is 5.29. The summed E-state index contributed by atoms with van der Waals surface area (Å²) in [5.41, 5.74) is 8.12. The number of aromatic nitrogens is 1. The van der Waals surface area contributed by atoms with Crippen molar-refractivity contribution in [1.29, 1.82) is 0 Å². The Hall–Kier alpha value is 0.0300. The lowest BCUT2D eigenvalue weighted by molar-refractivity contribution is 0.107. The number of hydrogen-bond donors (Lipinski definition) is 1. The number of methoxy groups -OCH3 is 1. The second kappa shape index (κ2) is 4.15. The Morgan fingerprint density at radius 2 is 2.64 bits per heavy atom. The van der Waals surface area contributed by atoms with E-state index < -0.39 is 0 Å². The van der Waals surface area contributed by atoms with E-state index in [-0.39, 0.29) is 6.10 Å². The van der Waals surface area contributed by atoms with Crippen LogP contribution in [0.4, 0.5) is 0 Å². The molecule has 0 aliphatic rings. The van der Waals surface area contributed by atoms with Crippen LogP contribution in [0.15, 0.2) is 9.30 Å². The molecule has 0 spiro atoms. The van der Waals surface area contributed by atoms with Gasteiger partial charge in [0.05, 0.1) is 15.0 Å². The minimum atomic E-state index is -0.0874. The van der Waals surface area contributed by atoms with Gasteiger partial charge in [0.2, 0.25) is 0 Å². The number of hydrogen-bond acceptors (Lipinski definition) is 4. The van der Waals surface area contributed by atoms with Crippen molar-refractivity contribution in [1.82, 2.24) is 4.98 Å². The number of nitrogens with two attached hydrogens (primary N) is 1. The average molecular weight is 237 g/mol. The Morgan fingerprint density at radius 1 is 1.91 bits per heavy atom. The van der Waals surface area contributed by atoms with Crippen LogP contribution in [-0.4, -0.2) is 18.6 Å². The predicted molar refractivity (Wildman–Crippen MR) is 48.6 cm³/mol. The number of thiazole rings is 1. The van der Waals surface area contributed by atoms with Gasteiger partial charge in [0.25, 0.3) is 0 Å². The summed E-state index contributed by atoms with van der Waals surface area (Å²) in [7, 11) is 1.63. The molecule has 0 aliphatic carbocycles. The van der Waals surface area contributed by atoms with E-state index in [9.17, 15) is 0 Å². The standard InChI is InChI=1S/C6H9BrN2OS/c1-10-4(2-8)5-6(7)11-3-9-5/h3-4H,2,8H2,1H3. The minimum Gasteiger partial charge on any atom is -0.374 e. The van der Waals surface area contributed by atoms with Crippen molar-refractivity contribution in [2.24, 2.45) is 5.73 Å². The Morgan fingerprint density at radius 3 is 3.00 bits per heavy atom. The zero-order valence-electron chi connectivity index (χ0n) is 6.08. The molecule has 0 radical (unpaired) electrons. The summed E-state index contributed by atoms with van der Waals surface area (Å²) >= 11 is 4.90. The summed E-state index contributed by atoms with van der Waals surface area (Å²) in [6.45, 7) is 0.457. The van der Waals surface area contributed by atoms with E-state index >= 15 is 0 Å². The Bertz CT molecular complexity index is 224. The van der Waals surface area contributed by atoms with Gasteiger partial charge >= 0.3 is 0 Å². The molecule has 3 nitrogen and oxygen atoms in total. The van der Waals surface area contributed by atoms with Crippen molar-refractivity contribution >= 4 is 27.3 Å². The molecule has 0 amide bonds. The lowest BCUT2D eigenvalue weighted by atomic mass is 10.3. The first kappa shape index (κ1) is 9.12. The summed E-state index contributed by atoms with van der Waals surface area (Å²) in [4.78, 5) is 4.12. The van der Waals surface area contributed by atoms with Crippen LogP contribution in [0.5, 0.6) is 0 Å².